The number of ether oxygens (including phenoxy) is 2. The van der Waals surface area contributed by atoms with Crippen LogP contribution in [-0.4, -0.2) is 27.4 Å². The third kappa shape index (κ3) is 3.71. The van der Waals surface area contributed by atoms with Gasteiger partial charge in [0.25, 0.3) is 0 Å². The van der Waals surface area contributed by atoms with Crippen molar-refractivity contribution < 1.29 is 26.9 Å². The third-order valence-corrected chi connectivity index (χ3v) is 5.92. The first kappa shape index (κ1) is 20.2. The van der Waals surface area contributed by atoms with Crippen LogP contribution in [0.1, 0.15) is 54.6 Å². The van der Waals surface area contributed by atoms with Crippen molar-refractivity contribution in [2.45, 2.75) is 44.9 Å². The van der Waals surface area contributed by atoms with E-state index in [2.05, 4.69) is 0 Å². The van der Waals surface area contributed by atoms with Gasteiger partial charge in [0.1, 0.15) is 4.90 Å². The Morgan fingerprint density at radius 3 is 2.32 bits per heavy atom. The van der Waals surface area contributed by atoms with Gasteiger partial charge in [-0.05, 0) is 56.0 Å². The van der Waals surface area contributed by atoms with E-state index < -0.39 is 10.1 Å². The van der Waals surface area contributed by atoms with E-state index in [1.807, 2.05) is 20.8 Å². The average Bonchev–Trinajstić information content (AvgIpc) is 2.94. The monoisotopic (exact) mass is 404 g/mol. The largest absolute Gasteiger partial charge is 0.490 e. The fourth-order valence-electron chi connectivity index (χ4n) is 3.53. The van der Waals surface area contributed by atoms with E-state index in [4.69, 9.17) is 13.7 Å². The van der Waals surface area contributed by atoms with Crippen LogP contribution in [0.15, 0.2) is 35.2 Å². The molecule has 3 rings (SSSR count). The Balaban J connectivity index is 2.00. The van der Waals surface area contributed by atoms with Gasteiger partial charge in [0.15, 0.2) is 23.0 Å². The zero-order valence-electron chi connectivity index (χ0n) is 16.4. The summed E-state index contributed by atoms with van der Waals surface area (Å²) >= 11 is 0. The van der Waals surface area contributed by atoms with Crippen LogP contribution in [-0.2, 0) is 10.1 Å². The van der Waals surface area contributed by atoms with E-state index in [0.717, 1.165) is 11.1 Å². The molecule has 150 valence electrons. The normalized spacial score (nSPS) is 16.0. The molecule has 0 fully saturated rings. The van der Waals surface area contributed by atoms with Crippen molar-refractivity contribution in [3.05, 3.63) is 47.0 Å². The molecule has 0 N–H and O–H groups in total. The highest BCUT2D eigenvalue weighted by Gasteiger charge is 2.33. The number of rotatable bonds is 7. The maximum atomic E-state index is 12.9. The van der Waals surface area contributed by atoms with Crippen molar-refractivity contribution in [1.82, 2.24) is 0 Å². The number of Topliss-reactive ketones (excluding diaryl/α,β-unsaturated/α-hetero) is 1. The van der Waals surface area contributed by atoms with Gasteiger partial charge >= 0.3 is 10.1 Å². The van der Waals surface area contributed by atoms with Crippen molar-refractivity contribution in [1.29, 1.82) is 0 Å². The highest BCUT2D eigenvalue weighted by Crippen LogP contribution is 2.41. The predicted molar refractivity (Wildman–Crippen MR) is 105 cm³/mol. The van der Waals surface area contributed by atoms with Gasteiger partial charge < -0.3 is 13.7 Å². The van der Waals surface area contributed by atoms with Crippen LogP contribution in [0.3, 0.4) is 0 Å². The molecule has 0 heterocycles. The molecule has 1 atom stereocenters. The van der Waals surface area contributed by atoms with E-state index in [0.29, 0.717) is 36.7 Å². The Morgan fingerprint density at radius 1 is 1.00 bits per heavy atom. The Morgan fingerprint density at radius 2 is 1.64 bits per heavy atom. The highest BCUT2D eigenvalue weighted by atomic mass is 32.2. The molecule has 1 unspecified atom stereocenters. The van der Waals surface area contributed by atoms with Crippen LogP contribution in [0, 0.1) is 6.92 Å². The zero-order valence-corrected chi connectivity index (χ0v) is 17.3. The Kier molecular flexibility index (Phi) is 5.65. The van der Waals surface area contributed by atoms with Crippen LogP contribution in [0.2, 0.25) is 0 Å². The molecule has 0 aromatic heterocycles. The van der Waals surface area contributed by atoms with Crippen LogP contribution in [0.4, 0.5) is 0 Å². The van der Waals surface area contributed by atoms with E-state index in [1.165, 1.54) is 18.2 Å². The highest BCUT2D eigenvalue weighted by molar-refractivity contribution is 7.87. The minimum atomic E-state index is -4.15. The van der Waals surface area contributed by atoms with Crippen LogP contribution in [0.25, 0.3) is 0 Å². The van der Waals surface area contributed by atoms with Gasteiger partial charge in [-0.3, -0.25) is 4.79 Å². The first-order chi connectivity index (χ1) is 13.3. The van der Waals surface area contributed by atoms with Crippen molar-refractivity contribution in [3.8, 4) is 17.2 Å². The lowest BCUT2D eigenvalue weighted by atomic mass is 9.98. The number of carbonyl (C=O) groups is 1. The second-order valence-electron chi connectivity index (χ2n) is 6.71. The van der Waals surface area contributed by atoms with Crippen LogP contribution in [0.5, 0.6) is 17.2 Å². The van der Waals surface area contributed by atoms with Crippen molar-refractivity contribution in [3.63, 3.8) is 0 Å². The molecular formula is C21H24O6S. The van der Waals surface area contributed by atoms with Crippen LogP contribution < -0.4 is 13.7 Å². The number of ketones is 1. The van der Waals surface area contributed by atoms with Gasteiger partial charge in [-0.25, -0.2) is 0 Å². The molecule has 0 radical (unpaired) electrons. The summed E-state index contributed by atoms with van der Waals surface area (Å²) in [5, 5.41) is 0. The number of hydrogen-bond acceptors (Lipinski definition) is 6. The number of fused-ring (bicyclic) bond motifs is 1. The van der Waals surface area contributed by atoms with Gasteiger partial charge in [-0.15, -0.1) is 0 Å². The van der Waals surface area contributed by atoms with Gasteiger partial charge in [0.05, 0.1) is 18.8 Å². The van der Waals surface area contributed by atoms with Gasteiger partial charge in [-0.1, -0.05) is 13.0 Å². The summed E-state index contributed by atoms with van der Waals surface area (Å²) < 4.78 is 42.1. The lowest BCUT2D eigenvalue weighted by Gasteiger charge is -2.15. The molecule has 2 aromatic rings. The molecule has 0 aliphatic heterocycles. The van der Waals surface area contributed by atoms with Crippen LogP contribution >= 0.6 is 0 Å². The topological polar surface area (TPSA) is 78.9 Å². The third-order valence-electron chi connectivity index (χ3n) is 4.69. The standard InChI is InChI=1S/C21H24O6S/c1-5-25-17-10-8-15(12-19(17)26-6-2)28(23,24)27-18-9-7-13(3)20-14(4)11-16(22)21(18)20/h7-10,12,14H,5-6,11H2,1-4H3. The van der Waals surface area contributed by atoms with E-state index in [9.17, 15) is 13.2 Å². The molecule has 6 nitrogen and oxygen atoms in total. The lowest BCUT2D eigenvalue weighted by Crippen LogP contribution is -2.13. The zero-order chi connectivity index (χ0) is 20.5. The number of benzene rings is 2. The second kappa shape index (κ2) is 7.83. The van der Waals surface area contributed by atoms with Gasteiger partial charge in [0.2, 0.25) is 0 Å². The summed E-state index contributed by atoms with van der Waals surface area (Å²) in [6.07, 6.45) is 0.355. The Labute approximate surface area is 165 Å². The summed E-state index contributed by atoms with van der Waals surface area (Å²) in [6.45, 7) is 8.29. The number of aryl methyl sites for hydroxylation is 1. The SMILES string of the molecule is CCOc1ccc(S(=O)(=O)Oc2ccc(C)c3c2C(=O)CC3C)cc1OCC. The molecule has 0 saturated heterocycles. The molecular weight excluding hydrogens is 380 g/mol. The molecule has 0 spiro atoms. The summed E-state index contributed by atoms with van der Waals surface area (Å²) in [7, 11) is -4.15. The summed E-state index contributed by atoms with van der Waals surface area (Å²) in [4.78, 5) is 12.4. The maximum absolute atomic E-state index is 12.9. The van der Waals surface area contributed by atoms with Crippen molar-refractivity contribution in [2.75, 3.05) is 13.2 Å². The lowest BCUT2D eigenvalue weighted by molar-refractivity contribution is 0.0989. The average molecular weight is 404 g/mol. The smallest absolute Gasteiger partial charge is 0.339 e. The summed E-state index contributed by atoms with van der Waals surface area (Å²) in [5.74, 6) is 0.806. The molecule has 0 bridgehead atoms. The molecule has 7 heteroatoms. The maximum Gasteiger partial charge on any atom is 0.339 e. The summed E-state index contributed by atoms with van der Waals surface area (Å²) in [5.41, 5.74) is 2.18. The Bertz CT molecular complexity index is 1010. The fraction of sp³-hybridized carbons (Fsp3) is 0.381. The molecule has 1 aliphatic carbocycles. The second-order valence-corrected chi connectivity index (χ2v) is 8.26. The quantitative estimate of drug-likeness (QED) is 0.642. The molecule has 0 amide bonds. The fourth-order valence-corrected chi connectivity index (χ4v) is 4.49. The van der Waals surface area contributed by atoms with E-state index in [-0.39, 0.29) is 22.3 Å². The molecule has 1 aliphatic rings. The number of carbonyl (C=O) groups excluding carboxylic acids is 1. The molecule has 0 saturated carbocycles. The number of hydrogen-bond donors (Lipinski definition) is 0. The molecule has 28 heavy (non-hydrogen) atoms. The molecule has 2 aromatic carbocycles. The first-order valence-corrected chi connectivity index (χ1v) is 10.7. The minimum Gasteiger partial charge on any atom is -0.490 e. The van der Waals surface area contributed by atoms with Crippen molar-refractivity contribution in [2.24, 2.45) is 0 Å². The van der Waals surface area contributed by atoms with Gasteiger partial charge in [0, 0.05) is 12.5 Å². The van der Waals surface area contributed by atoms with E-state index in [1.54, 1.807) is 19.1 Å². The predicted octanol–water partition coefficient (Wildman–Crippen LogP) is 4.25. The summed E-state index contributed by atoms with van der Waals surface area (Å²) in [6, 6.07) is 7.64. The van der Waals surface area contributed by atoms with Gasteiger partial charge in [-0.2, -0.15) is 8.42 Å². The minimum absolute atomic E-state index is 0.0452. The Hall–Kier alpha value is -2.54. The van der Waals surface area contributed by atoms with Crippen molar-refractivity contribution >= 4 is 15.9 Å². The van der Waals surface area contributed by atoms with E-state index >= 15 is 0 Å². The first-order valence-electron chi connectivity index (χ1n) is 9.29.